The summed E-state index contributed by atoms with van der Waals surface area (Å²) in [6.45, 7) is 10.8. The number of carbonyl (C=O) groups excluding carboxylic acids is 1. The Labute approximate surface area is 283 Å². The Morgan fingerprint density at radius 3 is 2.43 bits per heavy atom. The van der Waals surface area contributed by atoms with Crippen LogP contribution in [0.2, 0.25) is 0 Å². The van der Waals surface area contributed by atoms with Crippen molar-refractivity contribution in [3.63, 3.8) is 0 Å². The highest BCUT2D eigenvalue weighted by molar-refractivity contribution is 5.68. The molecule has 264 valence electrons. The summed E-state index contributed by atoms with van der Waals surface area (Å²) in [4.78, 5) is 29.8. The van der Waals surface area contributed by atoms with Crippen LogP contribution in [0.1, 0.15) is 78.7 Å². The number of aromatic nitrogens is 4. The normalized spacial score (nSPS) is 22.4. The van der Waals surface area contributed by atoms with Gasteiger partial charge < -0.3 is 23.6 Å². The summed E-state index contributed by atoms with van der Waals surface area (Å²) in [5.41, 5.74) is -2.28. The number of halogens is 3. The molecule has 0 unspecified atom stereocenters. The molecule has 2 aliphatic heterocycles. The molecule has 3 aromatic rings. The van der Waals surface area contributed by atoms with Crippen LogP contribution < -0.4 is 9.47 Å². The van der Waals surface area contributed by atoms with Crippen LogP contribution in [0.3, 0.4) is 0 Å². The molecule has 1 amide bonds. The molecule has 0 spiro atoms. The quantitative estimate of drug-likeness (QED) is 0.262. The third kappa shape index (κ3) is 8.24. The van der Waals surface area contributed by atoms with Crippen molar-refractivity contribution in [3.8, 4) is 29.5 Å². The molecule has 12 nitrogen and oxygen atoms in total. The number of rotatable bonds is 9. The topological polar surface area (TPSA) is 140 Å². The lowest BCUT2D eigenvalue weighted by Crippen LogP contribution is -2.50. The maximum Gasteiger partial charge on any atom is 0.410 e. The zero-order chi connectivity index (χ0) is 35.7. The number of likely N-dealkylation sites (tertiary alicyclic amines) is 2. The van der Waals surface area contributed by atoms with E-state index in [1.54, 1.807) is 39.5 Å². The van der Waals surface area contributed by atoms with Crippen LogP contribution in [0.4, 0.5) is 18.0 Å². The average molecular weight is 686 g/mol. The third-order valence-electron chi connectivity index (χ3n) is 8.74. The highest BCUT2D eigenvalue weighted by atomic mass is 19.1. The molecule has 2 saturated heterocycles. The molecular formula is C34H42F3N7O5. The van der Waals surface area contributed by atoms with Crippen LogP contribution in [-0.4, -0.2) is 92.2 Å². The van der Waals surface area contributed by atoms with Crippen LogP contribution in [0.25, 0.3) is 11.6 Å². The first-order valence-corrected chi connectivity index (χ1v) is 16.3. The van der Waals surface area contributed by atoms with E-state index in [2.05, 4.69) is 26.2 Å². The Bertz CT molecular complexity index is 1670. The van der Waals surface area contributed by atoms with Gasteiger partial charge >= 0.3 is 6.09 Å². The van der Waals surface area contributed by atoms with Gasteiger partial charge in [-0.2, -0.15) is 20.2 Å². The Kier molecular flexibility index (Phi) is 10.4. The summed E-state index contributed by atoms with van der Waals surface area (Å²) in [7, 11) is 1.83. The Balaban J connectivity index is 1.43. The highest BCUT2D eigenvalue weighted by Crippen LogP contribution is 2.35. The average Bonchev–Trinajstić information content (AvgIpc) is 3.63. The van der Waals surface area contributed by atoms with Crippen LogP contribution >= 0.6 is 0 Å². The lowest BCUT2D eigenvalue weighted by Gasteiger charge is -2.38. The number of ether oxygens (including phenoxy) is 3. The van der Waals surface area contributed by atoms with E-state index < -0.39 is 53.2 Å². The van der Waals surface area contributed by atoms with Gasteiger partial charge in [-0.3, -0.25) is 4.90 Å². The second kappa shape index (κ2) is 14.2. The molecule has 2 fully saturated rings. The van der Waals surface area contributed by atoms with Gasteiger partial charge in [0.2, 0.25) is 29.3 Å². The van der Waals surface area contributed by atoms with Crippen molar-refractivity contribution in [1.29, 1.82) is 5.26 Å². The number of amides is 1. The molecule has 0 aliphatic carbocycles. The number of piperidine rings is 1. The van der Waals surface area contributed by atoms with Gasteiger partial charge in [-0.25, -0.2) is 18.0 Å². The van der Waals surface area contributed by atoms with Gasteiger partial charge in [0.05, 0.1) is 30.0 Å². The first-order valence-electron chi connectivity index (χ1n) is 16.3. The molecule has 4 heterocycles. The summed E-state index contributed by atoms with van der Waals surface area (Å²) >= 11 is 0. The van der Waals surface area contributed by atoms with Gasteiger partial charge in [-0.05, 0) is 67.1 Å². The Hall–Kier alpha value is -4.45. The maximum absolute atomic E-state index is 14.7. The van der Waals surface area contributed by atoms with E-state index in [9.17, 15) is 23.2 Å². The van der Waals surface area contributed by atoms with Crippen LogP contribution in [-0.2, 0) is 10.2 Å². The molecule has 0 N–H and O–H groups in total. The van der Waals surface area contributed by atoms with Crippen LogP contribution in [0, 0.1) is 23.0 Å². The molecule has 0 bridgehead atoms. The minimum Gasteiger partial charge on any atom is -0.474 e. The van der Waals surface area contributed by atoms with Crippen molar-refractivity contribution in [3.05, 3.63) is 47.4 Å². The van der Waals surface area contributed by atoms with E-state index in [-0.39, 0.29) is 53.9 Å². The summed E-state index contributed by atoms with van der Waals surface area (Å²) in [5.74, 6) is -1.51. The maximum atomic E-state index is 14.7. The van der Waals surface area contributed by atoms with Crippen molar-refractivity contribution in [2.45, 2.75) is 109 Å². The summed E-state index contributed by atoms with van der Waals surface area (Å²) in [6, 6.07) is 6.55. The number of alkyl halides is 1. The third-order valence-corrected chi connectivity index (χ3v) is 8.74. The summed E-state index contributed by atoms with van der Waals surface area (Å²) < 4.78 is 67.2. The van der Waals surface area contributed by atoms with Crippen LogP contribution in [0.5, 0.6) is 11.8 Å². The van der Waals surface area contributed by atoms with Gasteiger partial charge in [-0.15, -0.1) is 0 Å². The largest absolute Gasteiger partial charge is 0.474 e. The second-order valence-electron chi connectivity index (χ2n) is 14.1. The monoisotopic (exact) mass is 685 g/mol. The van der Waals surface area contributed by atoms with E-state index in [0.29, 0.717) is 25.8 Å². The number of hydrogen-bond donors (Lipinski definition) is 0. The standard InChI is InChI=1S/C34H42F3N7O5/c1-19(25-15-20(35)18-43(25)7)46-26-17-27(47-22-12-14-44(21(16-22)11-13-38)32(45)48-33(2,3)4)40-29(39-26)30-41-31(49-42-30)34(5,6)28-23(36)9-8-10-24(28)37/h8-10,17,19-22,25H,11-12,14-16,18H2,1-7H3/t19-,20+,21+,22-,25-/m0/s1. The van der Waals surface area contributed by atoms with Gasteiger partial charge in [0.15, 0.2) is 0 Å². The predicted octanol–water partition coefficient (Wildman–Crippen LogP) is 6.00. The fourth-order valence-corrected chi connectivity index (χ4v) is 6.33. The number of nitriles is 1. The van der Waals surface area contributed by atoms with Crippen molar-refractivity contribution < 1.29 is 36.7 Å². The van der Waals surface area contributed by atoms with Crippen molar-refractivity contribution in [2.75, 3.05) is 20.1 Å². The van der Waals surface area contributed by atoms with Crippen LogP contribution in [0.15, 0.2) is 28.8 Å². The number of benzene rings is 1. The van der Waals surface area contributed by atoms with E-state index in [1.807, 2.05) is 18.9 Å². The molecule has 1 aromatic carbocycles. The molecular weight excluding hydrogens is 643 g/mol. The molecule has 5 atom stereocenters. The van der Waals surface area contributed by atoms with Crippen molar-refractivity contribution in [2.24, 2.45) is 0 Å². The molecule has 2 aliphatic rings. The highest BCUT2D eigenvalue weighted by Gasteiger charge is 2.38. The lowest BCUT2D eigenvalue weighted by atomic mass is 9.83. The lowest BCUT2D eigenvalue weighted by molar-refractivity contribution is -0.00382. The number of carbonyl (C=O) groups is 1. The molecule has 5 rings (SSSR count). The minimum absolute atomic E-state index is 0.0394. The van der Waals surface area contributed by atoms with Gasteiger partial charge in [-0.1, -0.05) is 11.2 Å². The predicted molar refractivity (Wildman–Crippen MR) is 170 cm³/mol. The summed E-state index contributed by atoms with van der Waals surface area (Å²) in [6.07, 6.45) is -1.26. The number of likely N-dealkylation sites (N-methyl/N-ethyl adjacent to an activating group) is 1. The van der Waals surface area contributed by atoms with E-state index in [1.165, 1.54) is 12.1 Å². The van der Waals surface area contributed by atoms with E-state index in [4.69, 9.17) is 18.7 Å². The molecule has 15 heteroatoms. The smallest absolute Gasteiger partial charge is 0.410 e. The Morgan fingerprint density at radius 2 is 1.80 bits per heavy atom. The minimum atomic E-state index is -1.35. The molecule has 0 radical (unpaired) electrons. The van der Waals surface area contributed by atoms with Gasteiger partial charge in [0.25, 0.3) is 0 Å². The van der Waals surface area contributed by atoms with Crippen molar-refractivity contribution in [1.82, 2.24) is 29.9 Å². The Morgan fingerprint density at radius 1 is 1.10 bits per heavy atom. The number of hydrogen-bond acceptors (Lipinski definition) is 11. The first-order chi connectivity index (χ1) is 23.0. The molecule has 49 heavy (non-hydrogen) atoms. The first kappa shape index (κ1) is 35.8. The fourth-order valence-electron chi connectivity index (χ4n) is 6.33. The number of nitrogens with zero attached hydrogens (tertiary/aromatic N) is 7. The van der Waals surface area contributed by atoms with Crippen molar-refractivity contribution >= 4 is 6.09 Å². The van der Waals surface area contributed by atoms with E-state index >= 15 is 0 Å². The molecule has 0 saturated carbocycles. The molecule has 2 aromatic heterocycles. The fraction of sp³-hybridized carbons (Fsp3) is 0.588. The van der Waals surface area contributed by atoms with Gasteiger partial charge in [0, 0.05) is 37.5 Å². The van der Waals surface area contributed by atoms with Gasteiger partial charge in [0.1, 0.15) is 35.6 Å². The zero-order valence-electron chi connectivity index (χ0n) is 28.7. The summed E-state index contributed by atoms with van der Waals surface area (Å²) in [5, 5.41) is 13.5. The zero-order valence-corrected chi connectivity index (χ0v) is 28.7. The van der Waals surface area contributed by atoms with E-state index in [0.717, 1.165) is 12.1 Å². The SMILES string of the molecule is C[C@H](Oc1cc(O[C@H]2CCN(C(=O)OC(C)(C)C)[C@H](CC#N)C2)nc(-c2noc(C(C)(C)c3c(F)cccc3F)n2)n1)[C@@H]1C[C@@H](F)CN1C. The second-order valence-corrected chi connectivity index (χ2v) is 14.1.